The Balaban J connectivity index is 2.07. The van der Waals surface area contributed by atoms with Crippen molar-refractivity contribution in [3.05, 3.63) is 65.7 Å². The molecule has 0 aliphatic heterocycles. The lowest BCUT2D eigenvalue weighted by atomic mass is 10.1. The van der Waals surface area contributed by atoms with Gasteiger partial charge in [-0.1, -0.05) is 42.5 Å². The van der Waals surface area contributed by atoms with Crippen LogP contribution in [0.2, 0.25) is 0 Å². The zero-order valence-electron chi connectivity index (χ0n) is 16.6. The number of aliphatic hydroxyl groups excluding tert-OH is 1. The Hall–Kier alpha value is -2.37. The number of methoxy groups -OCH3 is 1. The van der Waals surface area contributed by atoms with Gasteiger partial charge in [0.15, 0.2) is 0 Å². The number of benzene rings is 2. The molecule has 0 aromatic heterocycles. The molecule has 146 valence electrons. The molecule has 2 rings (SSSR count). The fraction of sp³-hybridized carbons (Fsp3) is 0.409. The molecule has 0 aliphatic rings. The van der Waals surface area contributed by atoms with Crippen molar-refractivity contribution in [2.75, 3.05) is 27.3 Å². The Morgan fingerprint density at radius 1 is 1.07 bits per heavy atom. The predicted molar refractivity (Wildman–Crippen MR) is 108 cm³/mol. The van der Waals surface area contributed by atoms with Gasteiger partial charge < -0.3 is 14.7 Å². The lowest BCUT2D eigenvalue weighted by molar-refractivity contribution is -0.135. The van der Waals surface area contributed by atoms with Gasteiger partial charge in [-0.05, 0) is 44.2 Å². The van der Waals surface area contributed by atoms with Crippen LogP contribution < -0.4 is 4.74 Å². The average molecular weight is 370 g/mol. The fourth-order valence-corrected chi connectivity index (χ4v) is 3.08. The molecule has 0 saturated carbocycles. The first-order valence-corrected chi connectivity index (χ1v) is 9.24. The second kappa shape index (κ2) is 10.1. The standard InChI is InChI=1S/C22H30N2O3/c1-17(2)24(14-18-8-6-5-7-9-18)22(26)15-23(3)21(16-25)19-10-12-20(27-4)13-11-19/h5-13,17,21,25H,14-16H2,1-4H3. The van der Waals surface area contributed by atoms with E-state index in [0.717, 1.165) is 16.9 Å². The number of nitrogens with zero attached hydrogens (tertiary/aromatic N) is 2. The van der Waals surface area contributed by atoms with Crippen LogP contribution >= 0.6 is 0 Å². The molecule has 0 aliphatic carbocycles. The maximum Gasteiger partial charge on any atom is 0.237 e. The van der Waals surface area contributed by atoms with Crippen LogP contribution in [-0.4, -0.2) is 54.2 Å². The number of likely N-dealkylation sites (N-methyl/N-ethyl adjacent to an activating group) is 1. The first-order chi connectivity index (χ1) is 13.0. The third kappa shape index (κ3) is 5.81. The Bertz CT molecular complexity index is 701. The summed E-state index contributed by atoms with van der Waals surface area (Å²) in [5.41, 5.74) is 2.06. The van der Waals surface area contributed by atoms with E-state index in [1.165, 1.54) is 0 Å². The molecule has 0 radical (unpaired) electrons. The minimum Gasteiger partial charge on any atom is -0.497 e. The fourth-order valence-electron chi connectivity index (χ4n) is 3.08. The summed E-state index contributed by atoms with van der Waals surface area (Å²) in [6.07, 6.45) is 0. The predicted octanol–water partition coefficient (Wildman–Crippen LogP) is 3.10. The van der Waals surface area contributed by atoms with Gasteiger partial charge in [-0.2, -0.15) is 0 Å². The van der Waals surface area contributed by atoms with Gasteiger partial charge in [0.25, 0.3) is 0 Å². The van der Waals surface area contributed by atoms with Crippen molar-refractivity contribution in [1.82, 2.24) is 9.80 Å². The van der Waals surface area contributed by atoms with E-state index in [1.807, 2.05) is 85.3 Å². The molecule has 0 spiro atoms. The van der Waals surface area contributed by atoms with Crippen LogP contribution in [0.5, 0.6) is 5.75 Å². The highest BCUT2D eigenvalue weighted by Crippen LogP contribution is 2.22. The highest BCUT2D eigenvalue weighted by molar-refractivity contribution is 5.78. The van der Waals surface area contributed by atoms with Gasteiger partial charge in [-0.3, -0.25) is 9.69 Å². The number of carbonyl (C=O) groups excluding carboxylic acids is 1. The maximum absolute atomic E-state index is 12.9. The number of amides is 1. The van der Waals surface area contributed by atoms with Crippen molar-refractivity contribution in [3.63, 3.8) is 0 Å². The monoisotopic (exact) mass is 370 g/mol. The minimum atomic E-state index is -0.245. The van der Waals surface area contributed by atoms with Crippen LogP contribution in [0.1, 0.15) is 31.0 Å². The smallest absolute Gasteiger partial charge is 0.237 e. The van der Waals surface area contributed by atoms with Crippen LogP contribution in [0.25, 0.3) is 0 Å². The van der Waals surface area contributed by atoms with E-state index in [1.54, 1.807) is 7.11 Å². The molecule has 0 heterocycles. The molecule has 2 aromatic carbocycles. The van der Waals surface area contributed by atoms with Crippen LogP contribution in [-0.2, 0) is 11.3 Å². The summed E-state index contributed by atoms with van der Waals surface area (Å²) in [4.78, 5) is 16.7. The van der Waals surface area contributed by atoms with Gasteiger partial charge in [0.05, 0.1) is 26.3 Å². The Labute approximate surface area is 162 Å². The zero-order valence-corrected chi connectivity index (χ0v) is 16.6. The number of hydrogen-bond donors (Lipinski definition) is 1. The third-order valence-electron chi connectivity index (χ3n) is 4.73. The topological polar surface area (TPSA) is 53.0 Å². The first kappa shape index (κ1) is 20.9. The highest BCUT2D eigenvalue weighted by atomic mass is 16.5. The molecule has 1 amide bonds. The Morgan fingerprint density at radius 3 is 2.22 bits per heavy atom. The molecule has 2 aromatic rings. The quantitative estimate of drug-likeness (QED) is 0.737. The normalized spacial score (nSPS) is 12.3. The van der Waals surface area contributed by atoms with Crippen molar-refractivity contribution in [2.24, 2.45) is 0 Å². The number of rotatable bonds is 9. The van der Waals surface area contributed by atoms with E-state index in [-0.39, 0.29) is 31.1 Å². The molecular weight excluding hydrogens is 340 g/mol. The number of carbonyl (C=O) groups is 1. The second-order valence-corrected chi connectivity index (χ2v) is 6.99. The van der Waals surface area contributed by atoms with E-state index in [0.29, 0.717) is 6.54 Å². The van der Waals surface area contributed by atoms with Crippen molar-refractivity contribution in [2.45, 2.75) is 32.5 Å². The molecular formula is C22H30N2O3. The van der Waals surface area contributed by atoms with Gasteiger partial charge in [0, 0.05) is 12.6 Å². The van der Waals surface area contributed by atoms with Gasteiger partial charge >= 0.3 is 0 Å². The largest absolute Gasteiger partial charge is 0.497 e. The van der Waals surface area contributed by atoms with E-state index in [2.05, 4.69) is 0 Å². The number of aliphatic hydroxyl groups is 1. The minimum absolute atomic E-state index is 0.0447. The molecule has 1 atom stereocenters. The molecule has 1 N–H and O–H groups in total. The molecule has 5 nitrogen and oxygen atoms in total. The van der Waals surface area contributed by atoms with Crippen LogP contribution in [0, 0.1) is 0 Å². The highest BCUT2D eigenvalue weighted by Gasteiger charge is 2.23. The van der Waals surface area contributed by atoms with E-state index in [4.69, 9.17) is 4.74 Å². The second-order valence-electron chi connectivity index (χ2n) is 6.99. The Kier molecular flexibility index (Phi) is 7.82. The number of hydrogen-bond acceptors (Lipinski definition) is 4. The van der Waals surface area contributed by atoms with Crippen LogP contribution in [0.15, 0.2) is 54.6 Å². The molecule has 0 fully saturated rings. The van der Waals surface area contributed by atoms with Crippen molar-refractivity contribution in [1.29, 1.82) is 0 Å². The maximum atomic E-state index is 12.9. The van der Waals surface area contributed by atoms with Crippen LogP contribution in [0.4, 0.5) is 0 Å². The molecule has 1 unspecified atom stereocenters. The Morgan fingerprint density at radius 2 is 1.70 bits per heavy atom. The lowest BCUT2D eigenvalue weighted by Gasteiger charge is -2.32. The van der Waals surface area contributed by atoms with Gasteiger partial charge in [-0.15, -0.1) is 0 Å². The summed E-state index contributed by atoms with van der Waals surface area (Å²) in [5.74, 6) is 0.811. The summed E-state index contributed by atoms with van der Waals surface area (Å²) in [7, 11) is 3.49. The zero-order chi connectivity index (χ0) is 19.8. The summed E-state index contributed by atoms with van der Waals surface area (Å²) in [5, 5.41) is 9.87. The van der Waals surface area contributed by atoms with Crippen molar-refractivity contribution >= 4 is 5.91 Å². The van der Waals surface area contributed by atoms with Gasteiger partial charge in [-0.25, -0.2) is 0 Å². The third-order valence-corrected chi connectivity index (χ3v) is 4.73. The van der Waals surface area contributed by atoms with Crippen molar-refractivity contribution in [3.8, 4) is 5.75 Å². The van der Waals surface area contributed by atoms with Gasteiger partial charge in [0.2, 0.25) is 5.91 Å². The van der Waals surface area contributed by atoms with Crippen LogP contribution in [0.3, 0.4) is 0 Å². The van der Waals surface area contributed by atoms with E-state index >= 15 is 0 Å². The van der Waals surface area contributed by atoms with Gasteiger partial charge in [0.1, 0.15) is 5.75 Å². The molecule has 0 saturated heterocycles. The summed E-state index contributed by atoms with van der Waals surface area (Å²) in [6, 6.07) is 17.4. The molecule has 27 heavy (non-hydrogen) atoms. The molecule has 5 heteroatoms. The SMILES string of the molecule is COc1ccc(C(CO)N(C)CC(=O)N(Cc2ccccc2)C(C)C)cc1. The first-order valence-electron chi connectivity index (χ1n) is 9.24. The van der Waals surface area contributed by atoms with E-state index < -0.39 is 0 Å². The molecule has 0 bridgehead atoms. The number of ether oxygens (including phenoxy) is 1. The van der Waals surface area contributed by atoms with Crippen molar-refractivity contribution < 1.29 is 14.6 Å². The summed E-state index contributed by atoms with van der Waals surface area (Å²) in [6.45, 7) is 4.80. The lowest BCUT2D eigenvalue weighted by Crippen LogP contribution is -2.43. The summed E-state index contributed by atoms with van der Waals surface area (Å²) < 4.78 is 5.19. The average Bonchev–Trinajstić information content (AvgIpc) is 2.67. The van der Waals surface area contributed by atoms with E-state index in [9.17, 15) is 9.90 Å². The summed E-state index contributed by atoms with van der Waals surface area (Å²) >= 11 is 0.